The van der Waals surface area contributed by atoms with Crippen LogP contribution in [0.5, 0.6) is 0 Å². The summed E-state index contributed by atoms with van der Waals surface area (Å²) in [5.41, 5.74) is 0. The van der Waals surface area contributed by atoms with Crippen LogP contribution >= 0.6 is 0 Å². The standard InChI is InChI=1S/C26H53N.ClH/c1-3-5-7-9-11-13-15-17-19-21-26-22-24-27(25-26)23-20-18-16-14-12-10-8-6-4-2;/h26H,3-25H2,1-2H3;1H. The third-order valence-corrected chi connectivity index (χ3v) is 6.83. The molecular formula is C26H54ClN. The highest BCUT2D eigenvalue weighted by molar-refractivity contribution is 4.63. The number of hydrogen-bond donors (Lipinski definition) is 1. The van der Waals surface area contributed by atoms with Crippen LogP contribution in [0, 0.1) is 5.92 Å². The number of likely N-dealkylation sites (tertiary alicyclic amines) is 1. The molecule has 0 aromatic heterocycles. The lowest BCUT2D eigenvalue weighted by atomic mass is 9.99. The van der Waals surface area contributed by atoms with Crippen molar-refractivity contribution in [1.29, 1.82) is 0 Å². The fourth-order valence-corrected chi connectivity index (χ4v) is 4.92. The fourth-order valence-electron chi connectivity index (χ4n) is 4.92. The minimum Gasteiger partial charge on any atom is -1.00 e. The van der Waals surface area contributed by atoms with Crippen LogP contribution in [0.2, 0.25) is 0 Å². The first-order valence-electron chi connectivity index (χ1n) is 13.2. The lowest BCUT2D eigenvalue weighted by Gasteiger charge is -2.13. The SMILES string of the molecule is CCCCCCCCCCCC1CC[NH+](CCCCCCCCCCC)C1.[Cl-]. The van der Waals surface area contributed by atoms with E-state index in [1.165, 1.54) is 148 Å². The molecule has 1 heterocycles. The van der Waals surface area contributed by atoms with Crippen molar-refractivity contribution >= 4 is 0 Å². The Morgan fingerprint density at radius 2 is 1.00 bits per heavy atom. The molecule has 1 aliphatic heterocycles. The van der Waals surface area contributed by atoms with Gasteiger partial charge >= 0.3 is 0 Å². The summed E-state index contributed by atoms with van der Waals surface area (Å²) in [6, 6.07) is 0. The molecule has 1 saturated heterocycles. The molecule has 1 nitrogen and oxygen atoms in total. The van der Waals surface area contributed by atoms with Gasteiger partial charge in [-0.2, -0.15) is 0 Å². The zero-order chi connectivity index (χ0) is 19.4. The van der Waals surface area contributed by atoms with E-state index in [-0.39, 0.29) is 12.4 Å². The highest BCUT2D eigenvalue weighted by atomic mass is 35.5. The van der Waals surface area contributed by atoms with Gasteiger partial charge in [0.25, 0.3) is 0 Å². The van der Waals surface area contributed by atoms with Crippen LogP contribution in [0.4, 0.5) is 0 Å². The Morgan fingerprint density at radius 3 is 1.50 bits per heavy atom. The van der Waals surface area contributed by atoms with Crippen LogP contribution in [0.3, 0.4) is 0 Å². The molecule has 0 radical (unpaired) electrons. The van der Waals surface area contributed by atoms with Gasteiger partial charge < -0.3 is 17.3 Å². The molecule has 2 atom stereocenters. The molecule has 0 spiro atoms. The summed E-state index contributed by atoms with van der Waals surface area (Å²) < 4.78 is 0. The number of unbranched alkanes of at least 4 members (excludes halogenated alkanes) is 16. The third-order valence-electron chi connectivity index (χ3n) is 6.83. The second-order valence-electron chi connectivity index (χ2n) is 9.55. The summed E-state index contributed by atoms with van der Waals surface area (Å²) in [6.45, 7) is 9.04. The van der Waals surface area contributed by atoms with Crippen molar-refractivity contribution in [2.24, 2.45) is 5.92 Å². The molecule has 2 heteroatoms. The van der Waals surface area contributed by atoms with E-state index in [2.05, 4.69) is 13.8 Å². The molecular weight excluding hydrogens is 362 g/mol. The van der Waals surface area contributed by atoms with E-state index in [0.29, 0.717) is 0 Å². The molecule has 0 aliphatic carbocycles. The summed E-state index contributed by atoms with van der Waals surface area (Å²) in [5, 5.41) is 0. The van der Waals surface area contributed by atoms with E-state index < -0.39 is 0 Å². The van der Waals surface area contributed by atoms with E-state index in [9.17, 15) is 0 Å². The minimum absolute atomic E-state index is 0. The van der Waals surface area contributed by atoms with Crippen molar-refractivity contribution in [1.82, 2.24) is 0 Å². The summed E-state index contributed by atoms with van der Waals surface area (Å²) in [7, 11) is 0. The van der Waals surface area contributed by atoms with Gasteiger partial charge in [0.15, 0.2) is 0 Å². The van der Waals surface area contributed by atoms with E-state index in [0.717, 1.165) is 5.92 Å². The lowest BCUT2D eigenvalue weighted by molar-refractivity contribution is -0.889. The molecule has 0 saturated carbocycles. The van der Waals surface area contributed by atoms with Crippen LogP contribution in [0.1, 0.15) is 142 Å². The highest BCUT2D eigenvalue weighted by Gasteiger charge is 2.24. The van der Waals surface area contributed by atoms with Gasteiger partial charge in [0.05, 0.1) is 19.6 Å². The molecule has 1 N–H and O–H groups in total. The number of halogens is 1. The normalized spacial score (nSPS) is 19.1. The molecule has 1 aliphatic rings. The molecule has 2 unspecified atom stereocenters. The van der Waals surface area contributed by atoms with Crippen LogP contribution in [-0.4, -0.2) is 19.6 Å². The summed E-state index contributed by atoms with van der Waals surface area (Å²) in [6.07, 6.45) is 29.5. The van der Waals surface area contributed by atoms with Crippen molar-refractivity contribution in [2.75, 3.05) is 19.6 Å². The summed E-state index contributed by atoms with van der Waals surface area (Å²) >= 11 is 0. The van der Waals surface area contributed by atoms with Crippen molar-refractivity contribution in [3.05, 3.63) is 0 Å². The van der Waals surface area contributed by atoms with Crippen molar-refractivity contribution < 1.29 is 17.3 Å². The second-order valence-corrected chi connectivity index (χ2v) is 9.55. The van der Waals surface area contributed by atoms with Gasteiger partial charge in [-0.15, -0.1) is 0 Å². The van der Waals surface area contributed by atoms with Crippen molar-refractivity contribution in [3.63, 3.8) is 0 Å². The van der Waals surface area contributed by atoms with E-state index in [4.69, 9.17) is 0 Å². The molecule has 170 valence electrons. The first-order valence-corrected chi connectivity index (χ1v) is 13.2. The number of rotatable bonds is 20. The molecule has 28 heavy (non-hydrogen) atoms. The van der Waals surface area contributed by atoms with Gasteiger partial charge in [0.2, 0.25) is 0 Å². The molecule has 1 rings (SSSR count). The molecule has 0 aromatic rings. The van der Waals surface area contributed by atoms with Crippen LogP contribution < -0.4 is 17.3 Å². The molecule has 0 aromatic carbocycles. The monoisotopic (exact) mass is 415 g/mol. The van der Waals surface area contributed by atoms with Crippen molar-refractivity contribution in [2.45, 2.75) is 142 Å². The Kier molecular flexibility index (Phi) is 22.1. The van der Waals surface area contributed by atoms with Crippen molar-refractivity contribution in [3.8, 4) is 0 Å². The summed E-state index contributed by atoms with van der Waals surface area (Å²) in [4.78, 5) is 1.93. The van der Waals surface area contributed by atoms with E-state index >= 15 is 0 Å². The fraction of sp³-hybridized carbons (Fsp3) is 1.00. The Balaban J connectivity index is 0.00000729. The largest absolute Gasteiger partial charge is 1.00 e. The van der Waals surface area contributed by atoms with Gasteiger partial charge in [-0.05, 0) is 19.3 Å². The van der Waals surface area contributed by atoms with Crippen LogP contribution in [0.25, 0.3) is 0 Å². The minimum atomic E-state index is 0. The second kappa shape index (κ2) is 21.9. The Bertz CT molecular complexity index is 266. The first-order chi connectivity index (χ1) is 13.4. The zero-order valence-electron chi connectivity index (χ0n) is 19.7. The maximum atomic E-state index is 2.31. The highest BCUT2D eigenvalue weighted by Crippen LogP contribution is 2.16. The van der Waals surface area contributed by atoms with Gasteiger partial charge in [-0.1, -0.05) is 117 Å². The number of nitrogens with one attached hydrogen (secondary N) is 1. The Labute approximate surface area is 185 Å². The van der Waals surface area contributed by atoms with Gasteiger partial charge in [-0.25, -0.2) is 0 Å². The number of quaternary nitrogens is 1. The zero-order valence-corrected chi connectivity index (χ0v) is 20.5. The lowest BCUT2D eigenvalue weighted by Crippen LogP contribution is -3.10. The average Bonchev–Trinajstić information content (AvgIpc) is 3.13. The maximum absolute atomic E-state index is 2.31. The predicted octanol–water partition coefficient (Wildman–Crippen LogP) is 4.35. The Morgan fingerprint density at radius 1 is 0.571 bits per heavy atom. The predicted molar refractivity (Wildman–Crippen MR) is 123 cm³/mol. The summed E-state index contributed by atoms with van der Waals surface area (Å²) in [5.74, 6) is 1.06. The van der Waals surface area contributed by atoms with Gasteiger partial charge in [-0.3, -0.25) is 0 Å². The smallest absolute Gasteiger partial charge is 0.0801 e. The first kappa shape index (κ1) is 28.2. The quantitative estimate of drug-likeness (QED) is 0.282. The van der Waals surface area contributed by atoms with E-state index in [1.54, 1.807) is 0 Å². The molecule has 0 amide bonds. The van der Waals surface area contributed by atoms with Gasteiger partial charge in [0.1, 0.15) is 0 Å². The molecule has 0 bridgehead atoms. The number of hydrogen-bond acceptors (Lipinski definition) is 0. The molecule has 1 fully saturated rings. The Hall–Kier alpha value is 0.250. The average molecular weight is 416 g/mol. The maximum Gasteiger partial charge on any atom is 0.0801 e. The topological polar surface area (TPSA) is 4.44 Å². The van der Waals surface area contributed by atoms with Crippen LogP contribution in [0.15, 0.2) is 0 Å². The van der Waals surface area contributed by atoms with Gasteiger partial charge in [0, 0.05) is 12.3 Å². The van der Waals surface area contributed by atoms with E-state index in [1.807, 2.05) is 4.90 Å². The van der Waals surface area contributed by atoms with Crippen LogP contribution in [-0.2, 0) is 0 Å². The third kappa shape index (κ3) is 17.1.